The van der Waals surface area contributed by atoms with Crippen LogP contribution in [0, 0.1) is 5.82 Å². The second-order valence-electron chi connectivity index (χ2n) is 7.41. The van der Waals surface area contributed by atoms with E-state index in [9.17, 15) is 4.39 Å². The number of benzene rings is 1. The molecule has 6 heteroatoms. The van der Waals surface area contributed by atoms with E-state index in [0.717, 1.165) is 55.1 Å². The Morgan fingerprint density at radius 1 is 1.14 bits per heavy atom. The van der Waals surface area contributed by atoms with Crippen molar-refractivity contribution in [2.45, 2.75) is 25.3 Å². The van der Waals surface area contributed by atoms with Crippen molar-refractivity contribution in [1.82, 2.24) is 19.5 Å². The minimum Gasteiger partial charge on any atom is -0.472 e. The van der Waals surface area contributed by atoms with Gasteiger partial charge in [-0.3, -0.25) is 4.90 Å². The predicted octanol–water partition coefficient (Wildman–Crippen LogP) is 4.51. The van der Waals surface area contributed by atoms with Crippen LogP contribution in [0.15, 0.2) is 65.6 Å². The summed E-state index contributed by atoms with van der Waals surface area (Å²) in [6.45, 7) is 2.92. The average molecular weight is 376 g/mol. The van der Waals surface area contributed by atoms with Crippen molar-refractivity contribution in [2.75, 3.05) is 13.1 Å². The lowest BCUT2D eigenvalue weighted by Crippen LogP contribution is -2.34. The minimum atomic E-state index is -0.239. The fourth-order valence-corrected chi connectivity index (χ4v) is 3.96. The highest BCUT2D eigenvalue weighted by Gasteiger charge is 2.25. The van der Waals surface area contributed by atoms with Gasteiger partial charge in [-0.05, 0) is 55.3 Å². The van der Waals surface area contributed by atoms with E-state index in [-0.39, 0.29) is 5.82 Å². The minimum absolute atomic E-state index is 0.239. The fourth-order valence-electron chi connectivity index (χ4n) is 3.96. The van der Waals surface area contributed by atoms with Crippen LogP contribution in [0.5, 0.6) is 0 Å². The zero-order valence-corrected chi connectivity index (χ0v) is 15.5. The lowest BCUT2D eigenvalue weighted by Gasteiger charge is -2.30. The number of fused-ring (bicyclic) bond motifs is 1. The van der Waals surface area contributed by atoms with Crippen molar-refractivity contribution in [3.8, 4) is 11.1 Å². The SMILES string of the molecule is Fc1cccc(-c2ccc3nc([C@H]4CCCN(Cc5ccoc5)C4)nn3c2)c1. The van der Waals surface area contributed by atoms with Crippen molar-refractivity contribution in [3.63, 3.8) is 0 Å². The quantitative estimate of drug-likeness (QED) is 0.526. The van der Waals surface area contributed by atoms with Crippen LogP contribution in [0.1, 0.15) is 30.1 Å². The highest BCUT2D eigenvalue weighted by molar-refractivity contribution is 5.64. The van der Waals surface area contributed by atoms with Crippen LogP contribution in [0.4, 0.5) is 4.39 Å². The number of halogens is 1. The number of likely N-dealkylation sites (tertiary alicyclic amines) is 1. The van der Waals surface area contributed by atoms with Crippen LogP contribution in [0.2, 0.25) is 0 Å². The molecule has 1 saturated heterocycles. The van der Waals surface area contributed by atoms with Gasteiger partial charge in [0.05, 0.1) is 12.5 Å². The van der Waals surface area contributed by atoms with Gasteiger partial charge in [-0.15, -0.1) is 0 Å². The number of piperidine rings is 1. The van der Waals surface area contributed by atoms with E-state index in [1.807, 2.05) is 35.0 Å². The van der Waals surface area contributed by atoms with Gasteiger partial charge < -0.3 is 4.42 Å². The molecule has 0 aliphatic carbocycles. The lowest BCUT2D eigenvalue weighted by atomic mass is 9.97. The van der Waals surface area contributed by atoms with Crippen LogP contribution < -0.4 is 0 Å². The van der Waals surface area contributed by atoms with Crippen molar-refractivity contribution < 1.29 is 8.81 Å². The number of pyridine rings is 1. The predicted molar refractivity (Wildman–Crippen MR) is 104 cm³/mol. The topological polar surface area (TPSA) is 46.6 Å². The second kappa shape index (κ2) is 7.20. The lowest BCUT2D eigenvalue weighted by molar-refractivity contribution is 0.196. The summed E-state index contributed by atoms with van der Waals surface area (Å²) < 4.78 is 20.5. The zero-order chi connectivity index (χ0) is 18.9. The molecule has 0 saturated carbocycles. The Labute approximate surface area is 162 Å². The Hall–Kier alpha value is -2.99. The smallest absolute Gasteiger partial charge is 0.156 e. The maximum absolute atomic E-state index is 13.5. The van der Waals surface area contributed by atoms with Crippen LogP contribution >= 0.6 is 0 Å². The van der Waals surface area contributed by atoms with E-state index in [1.165, 1.54) is 17.7 Å². The van der Waals surface area contributed by atoms with Gasteiger partial charge in [0.1, 0.15) is 5.82 Å². The number of rotatable bonds is 4. The van der Waals surface area contributed by atoms with Crippen LogP contribution in [-0.2, 0) is 6.54 Å². The summed E-state index contributed by atoms with van der Waals surface area (Å²) in [6.07, 6.45) is 7.67. The number of nitrogens with zero attached hydrogens (tertiary/aromatic N) is 4. The molecule has 0 N–H and O–H groups in total. The summed E-state index contributed by atoms with van der Waals surface area (Å²) in [5, 5.41) is 4.74. The van der Waals surface area contributed by atoms with E-state index in [4.69, 9.17) is 14.5 Å². The van der Waals surface area contributed by atoms with E-state index in [0.29, 0.717) is 5.92 Å². The summed E-state index contributed by atoms with van der Waals surface area (Å²) in [6, 6.07) is 12.5. The third-order valence-electron chi connectivity index (χ3n) is 5.36. The molecular formula is C22H21FN4O. The Bertz CT molecular complexity index is 1090. The maximum atomic E-state index is 13.5. The molecule has 0 bridgehead atoms. The Morgan fingerprint density at radius 2 is 2.11 bits per heavy atom. The highest BCUT2D eigenvalue weighted by atomic mass is 19.1. The summed E-state index contributed by atoms with van der Waals surface area (Å²) in [5.74, 6) is 0.961. The third kappa shape index (κ3) is 3.43. The summed E-state index contributed by atoms with van der Waals surface area (Å²) in [5.41, 5.74) is 3.78. The first kappa shape index (κ1) is 17.1. The second-order valence-corrected chi connectivity index (χ2v) is 7.41. The average Bonchev–Trinajstić information content (AvgIpc) is 3.37. The summed E-state index contributed by atoms with van der Waals surface area (Å²) in [7, 11) is 0. The van der Waals surface area contributed by atoms with E-state index in [1.54, 1.807) is 18.6 Å². The molecule has 142 valence electrons. The van der Waals surface area contributed by atoms with Crippen LogP contribution in [-0.4, -0.2) is 32.6 Å². The molecule has 1 aliphatic heterocycles. The Morgan fingerprint density at radius 3 is 2.96 bits per heavy atom. The van der Waals surface area contributed by atoms with Gasteiger partial charge in [0.25, 0.3) is 0 Å². The molecule has 0 unspecified atom stereocenters. The van der Waals surface area contributed by atoms with Crippen molar-refractivity contribution in [1.29, 1.82) is 0 Å². The molecule has 1 aliphatic rings. The van der Waals surface area contributed by atoms with Gasteiger partial charge in [-0.1, -0.05) is 12.1 Å². The Balaban J connectivity index is 1.38. The molecule has 5 rings (SSSR count). The van der Waals surface area contributed by atoms with Gasteiger partial charge >= 0.3 is 0 Å². The van der Waals surface area contributed by atoms with Crippen molar-refractivity contribution >= 4 is 5.65 Å². The first-order valence-electron chi connectivity index (χ1n) is 9.60. The zero-order valence-electron chi connectivity index (χ0n) is 15.5. The summed E-state index contributed by atoms with van der Waals surface area (Å²) >= 11 is 0. The molecule has 28 heavy (non-hydrogen) atoms. The molecule has 3 aromatic heterocycles. The number of hydrogen-bond donors (Lipinski definition) is 0. The van der Waals surface area contributed by atoms with Gasteiger partial charge in [0.15, 0.2) is 11.5 Å². The fraction of sp³-hybridized carbons (Fsp3) is 0.273. The number of furan rings is 1. The van der Waals surface area contributed by atoms with Gasteiger partial charge in [-0.2, -0.15) is 5.10 Å². The standard InChI is InChI=1S/C22H21FN4O/c23-20-5-1-3-17(11-20)18-6-7-21-24-22(25-27(21)14-18)19-4-2-9-26(13-19)12-16-8-10-28-15-16/h1,3,5-8,10-11,14-15,19H,2,4,9,12-13H2/t19-/m0/s1. The summed E-state index contributed by atoms with van der Waals surface area (Å²) in [4.78, 5) is 7.19. The number of aromatic nitrogens is 3. The van der Waals surface area contributed by atoms with E-state index >= 15 is 0 Å². The maximum Gasteiger partial charge on any atom is 0.156 e. The normalized spacial score (nSPS) is 18.0. The largest absolute Gasteiger partial charge is 0.472 e. The van der Waals surface area contributed by atoms with Gasteiger partial charge in [-0.25, -0.2) is 13.9 Å². The molecule has 1 atom stereocenters. The first-order valence-corrected chi connectivity index (χ1v) is 9.60. The van der Waals surface area contributed by atoms with Crippen molar-refractivity contribution in [3.05, 3.63) is 78.4 Å². The van der Waals surface area contributed by atoms with Gasteiger partial charge in [0.2, 0.25) is 0 Å². The third-order valence-corrected chi connectivity index (χ3v) is 5.36. The monoisotopic (exact) mass is 376 g/mol. The molecule has 0 radical (unpaired) electrons. The molecule has 0 spiro atoms. The van der Waals surface area contributed by atoms with Crippen LogP contribution in [0.25, 0.3) is 16.8 Å². The molecule has 0 amide bonds. The number of hydrogen-bond acceptors (Lipinski definition) is 4. The van der Waals surface area contributed by atoms with E-state index in [2.05, 4.69) is 4.90 Å². The highest BCUT2D eigenvalue weighted by Crippen LogP contribution is 2.27. The molecule has 4 aromatic rings. The molecule has 1 fully saturated rings. The van der Waals surface area contributed by atoms with Crippen molar-refractivity contribution in [2.24, 2.45) is 0 Å². The molecule has 1 aromatic carbocycles. The molecule has 5 nitrogen and oxygen atoms in total. The first-order chi connectivity index (χ1) is 13.7. The van der Waals surface area contributed by atoms with E-state index < -0.39 is 0 Å². The molecular weight excluding hydrogens is 355 g/mol. The Kier molecular flexibility index (Phi) is 4.41. The molecule has 4 heterocycles. The van der Waals surface area contributed by atoms with Crippen LogP contribution in [0.3, 0.4) is 0 Å². The van der Waals surface area contributed by atoms with Gasteiger partial charge in [0, 0.05) is 36.3 Å².